The van der Waals surface area contributed by atoms with Crippen molar-refractivity contribution in [1.29, 1.82) is 0 Å². The van der Waals surface area contributed by atoms with Crippen LogP contribution >= 0.6 is 0 Å². The predicted molar refractivity (Wildman–Crippen MR) is 180 cm³/mol. The molecular formula is C37H42FN3O4S. The standard InChI is InChI=1S/C37H42FN3O4S/c1-5-23-39-37(43)35(24-29-11-7-6-8-12-29)40(25-31-13-9-10-14-34(31)38)36(42)26-41(32-19-17-30(18-20-32)27(2)3)46(44,45)33-21-15-28(4)16-22-33/h6-22,27,35H,5,23-26H2,1-4H3,(H,39,43)/t35-/m1/s1. The van der Waals surface area contributed by atoms with E-state index in [-0.39, 0.29) is 29.3 Å². The SMILES string of the molecule is CCCNC(=O)[C@@H](Cc1ccccc1)N(Cc1ccccc1F)C(=O)CN(c1ccc(C(C)C)cc1)S(=O)(=O)c1ccc(C)cc1. The maximum Gasteiger partial charge on any atom is 0.264 e. The molecule has 4 rings (SSSR count). The first-order chi connectivity index (χ1) is 22.0. The number of nitrogens with one attached hydrogen (secondary N) is 1. The van der Waals surface area contributed by atoms with Crippen molar-refractivity contribution in [2.24, 2.45) is 0 Å². The molecule has 0 spiro atoms. The average molecular weight is 644 g/mol. The number of hydrogen-bond donors (Lipinski definition) is 1. The monoisotopic (exact) mass is 643 g/mol. The lowest BCUT2D eigenvalue weighted by Gasteiger charge is -2.34. The molecule has 0 saturated carbocycles. The average Bonchev–Trinajstić information content (AvgIpc) is 3.05. The number of sulfonamides is 1. The van der Waals surface area contributed by atoms with E-state index in [4.69, 9.17) is 0 Å². The van der Waals surface area contributed by atoms with Crippen molar-refractivity contribution >= 4 is 27.5 Å². The van der Waals surface area contributed by atoms with E-state index in [2.05, 4.69) is 5.32 Å². The van der Waals surface area contributed by atoms with Crippen LogP contribution in [0.1, 0.15) is 55.4 Å². The van der Waals surface area contributed by atoms with Crippen molar-refractivity contribution in [3.63, 3.8) is 0 Å². The van der Waals surface area contributed by atoms with Gasteiger partial charge >= 0.3 is 0 Å². The highest BCUT2D eigenvalue weighted by Gasteiger charge is 2.35. The minimum absolute atomic E-state index is 0.0287. The van der Waals surface area contributed by atoms with Crippen molar-refractivity contribution in [3.8, 4) is 0 Å². The predicted octanol–water partition coefficient (Wildman–Crippen LogP) is 6.62. The summed E-state index contributed by atoms with van der Waals surface area (Å²) in [5.74, 6) is -1.35. The summed E-state index contributed by atoms with van der Waals surface area (Å²) in [6, 6.07) is 27.8. The van der Waals surface area contributed by atoms with Gasteiger partial charge in [0.15, 0.2) is 0 Å². The molecular weight excluding hydrogens is 601 g/mol. The van der Waals surface area contributed by atoms with Gasteiger partial charge in [-0.05, 0) is 60.7 Å². The molecule has 4 aromatic carbocycles. The Morgan fingerprint density at radius 3 is 2.09 bits per heavy atom. The van der Waals surface area contributed by atoms with E-state index in [9.17, 15) is 18.0 Å². The van der Waals surface area contributed by atoms with E-state index < -0.39 is 40.2 Å². The Morgan fingerprint density at radius 2 is 1.48 bits per heavy atom. The van der Waals surface area contributed by atoms with Crippen LogP contribution in [0.2, 0.25) is 0 Å². The second kappa shape index (κ2) is 15.7. The summed E-state index contributed by atoms with van der Waals surface area (Å²) in [4.78, 5) is 29.5. The van der Waals surface area contributed by atoms with Gasteiger partial charge in [0.2, 0.25) is 11.8 Å². The van der Waals surface area contributed by atoms with Crippen molar-refractivity contribution in [2.75, 3.05) is 17.4 Å². The summed E-state index contributed by atoms with van der Waals surface area (Å²) < 4.78 is 44.5. The molecule has 0 bridgehead atoms. The smallest absolute Gasteiger partial charge is 0.264 e. The van der Waals surface area contributed by atoms with Crippen molar-refractivity contribution < 1.29 is 22.4 Å². The minimum Gasteiger partial charge on any atom is -0.354 e. The van der Waals surface area contributed by atoms with Crippen LogP contribution in [-0.4, -0.2) is 44.3 Å². The molecule has 1 N–H and O–H groups in total. The third kappa shape index (κ3) is 8.60. The Bertz CT molecular complexity index is 1710. The number of aryl methyl sites for hydroxylation is 1. The number of carbonyl (C=O) groups excluding carboxylic acids is 2. The van der Waals surface area contributed by atoms with E-state index in [1.54, 1.807) is 42.5 Å². The van der Waals surface area contributed by atoms with Gasteiger partial charge in [-0.2, -0.15) is 0 Å². The molecule has 2 amide bonds. The molecule has 9 heteroatoms. The summed E-state index contributed by atoms with van der Waals surface area (Å²) in [6.07, 6.45) is 0.838. The molecule has 242 valence electrons. The highest BCUT2D eigenvalue weighted by molar-refractivity contribution is 7.92. The van der Waals surface area contributed by atoms with Gasteiger partial charge < -0.3 is 10.2 Å². The summed E-state index contributed by atoms with van der Waals surface area (Å²) in [5, 5.41) is 2.89. The Balaban J connectivity index is 1.81. The summed E-state index contributed by atoms with van der Waals surface area (Å²) in [6.45, 7) is 7.42. The Morgan fingerprint density at radius 1 is 0.848 bits per heavy atom. The molecule has 7 nitrogen and oxygen atoms in total. The minimum atomic E-state index is -4.22. The number of hydrogen-bond acceptors (Lipinski definition) is 4. The summed E-state index contributed by atoms with van der Waals surface area (Å²) in [5.41, 5.74) is 3.23. The van der Waals surface area contributed by atoms with Gasteiger partial charge in [-0.15, -0.1) is 0 Å². The Hall–Kier alpha value is -4.50. The first-order valence-electron chi connectivity index (χ1n) is 15.5. The number of nitrogens with zero attached hydrogens (tertiary/aromatic N) is 2. The molecule has 0 aliphatic carbocycles. The van der Waals surface area contributed by atoms with Crippen molar-refractivity contribution in [3.05, 3.63) is 131 Å². The van der Waals surface area contributed by atoms with Crippen molar-refractivity contribution in [2.45, 2.75) is 63.9 Å². The molecule has 0 aliphatic heterocycles. The van der Waals surface area contributed by atoms with E-state index in [1.165, 1.54) is 23.1 Å². The van der Waals surface area contributed by atoms with E-state index in [0.29, 0.717) is 18.7 Å². The molecule has 0 unspecified atom stereocenters. The first kappa shape index (κ1) is 34.4. The van der Waals surface area contributed by atoms with Gasteiger partial charge in [-0.25, -0.2) is 12.8 Å². The Kier molecular flexibility index (Phi) is 11.7. The van der Waals surface area contributed by atoms with Gasteiger partial charge in [0, 0.05) is 25.1 Å². The number of amides is 2. The normalized spacial score (nSPS) is 12.0. The van der Waals surface area contributed by atoms with E-state index in [1.807, 2.05) is 70.2 Å². The molecule has 1 atom stereocenters. The third-order valence-electron chi connectivity index (χ3n) is 7.85. The van der Waals surface area contributed by atoms with Crippen molar-refractivity contribution in [1.82, 2.24) is 10.2 Å². The summed E-state index contributed by atoms with van der Waals surface area (Å²) >= 11 is 0. The second-order valence-corrected chi connectivity index (χ2v) is 13.5. The molecule has 0 aromatic heterocycles. The fourth-order valence-corrected chi connectivity index (χ4v) is 6.54. The molecule has 46 heavy (non-hydrogen) atoms. The van der Waals surface area contributed by atoms with Crippen LogP contribution in [0.3, 0.4) is 0 Å². The molecule has 0 radical (unpaired) electrons. The highest BCUT2D eigenvalue weighted by Crippen LogP contribution is 2.27. The number of benzene rings is 4. The zero-order valence-corrected chi connectivity index (χ0v) is 27.6. The van der Waals surface area contributed by atoms with Crippen LogP contribution in [0.25, 0.3) is 0 Å². The molecule has 0 fully saturated rings. The highest BCUT2D eigenvalue weighted by atomic mass is 32.2. The zero-order chi connectivity index (χ0) is 33.3. The number of rotatable bonds is 14. The lowest BCUT2D eigenvalue weighted by molar-refractivity contribution is -0.140. The second-order valence-electron chi connectivity index (χ2n) is 11.7. The number of carbonyl (C=O) groups is 2. The molecule has 0 aliphatic rings. The lowest BCUT2D eigenvalue weighted by Crippen LogP contribution is -2.53. The maximum atomic E-state index is 15.0. The van der Waals surface area contributed by atoms with Crippen LogP contribution in [0.15, 0.2) is 108 Å². The lowest BCUT2D eigenvalue weighted by atomic mass is 10.0. The van der Waals surface area contributed by atoms with Gasteiger partial charge in [-0.1, -0.05) is 99.1 Å². The van der Waals surface area contributed by atoms with Crippen LogP contribution in [0.4, 0.5) is 10.1 Å². The number of halogens is 1. The van der Waals surface area contributed by atoms with Gasteiger partial charge in [-0.3, -0.25) is 13.9 Å². The largest absolute Gasteiger partial charge is 0.354 e. The molecule has 0 heterocycles. The zero-order valence-electron chi connectivity index (χ0n) is 26.8. The molecule has 0 saturated heterocycles. The van der Waals surface area contributed by atoms with Gasteiger partial charge in [0.05, 0.1) is 10.6 Å². The van der Waals surface area contributed by atoms with Crippen LogP contribution < -0.4 is 9.62 Å². The third-order valence-corrected chi connectivity index (χ3v) is 9.64. The first-order valence-corrected chi connectivity index (χ1v) is 17.0. The van der Waals surface area contributed by atoms with Crippen LogP contribution in [0, 0.1) is 12.7 Å². The van der Waals surface area contributed by atoms with E-state index >= 15 is 4.39 Å². The van der Waals surface area contributed by atoms with E-state index in [0.717, 1.165) is 21.0 Å². The maximum absolute atomic E-state index is 15.0. The summed E-state index contributed by atoms with van der Waals surface area (Å²) in [7, 11) is -4.22. The Labute approximate surface area is 272 Å². The topological polar surface area (TPSA) is 86.8 Å². The van der Waals surface area contributed by atoms with Gasteiger partial charge in [0.1, 0.15) is 18.4 Å². The molecule has 4 aromatic rings. The van der Waals surface area contributed by atoms with Gasteiger partial charge in [0.25, 0.3) is 10.0 Å². The van der Waals surface area contributed by atoms with Crippen LogP contribution in [-0.2, 0) is 32.6 Å². The fraction of sp³-hybridized carbons (Fsp3) is 0.297. The fourth-order valence-electron chi connectivity index (χ4n) is 5.12. The quantitative estimate of drug-likeness (QED) is 0.167. The number of anilines is 1. The van der Waals surface area contributed by atoms with Crippen LogP contribution in [0.5, 0.6) is 0 Å².